The summed E-state index contributed by atoms with van der Waals surface area (Å²) in [6, 6.07) is 0. The standard InChI is InChI=1S/C21H28O3/c22-20(15-9-12-4-5-13(15)8-12)23-18-14-10-16-17(11-14)21(24-19(16)18)6-2-1-3-7-21/h4-5,12-19H,1-3,6-11H2. The van der Waals surface area contributed by atoms with Gasteiger partial charge in [-0.1, -0.05) is 31.4 Å². The molecule has 24 heavy (non-hydrogen) atoms. The summed E-state index contributed by atoms with van der Waals surface area (Å²) in [5.74, 6) is 3.28. The van der Waals surface area contributed by atoms with Crippen LogP contribution in [-0.2, 0) is 14.3 Å². The third-order valence-electron chi connectivity index (χ3n) is 8.44. The van der Waals surface area contributed by atoms with Crippen LogP contribution in [0.3, 0.4) is 0 Å². The van der Waals surface area contributed by atoms with Crippen molar-refractivity contribution in [1.82, 2.24) is 0 Å². The fourth-order valence-corrected chi connectivity index (χ4v) is 7.45. The molecule has 6 rings (SSSR count). The summed E-state index contributed by atoms with van der Waals surface area (Å²) in [7, 11) is 0. The second-order valence-electron chi connectivity index (χ2n) is 9.50. The molecule has 8 atom stereocenters. The van der Waals surface area contributed by atoms with E-state index in [4.69, 9.17) is 9.47 Å². The van der Waals surface area contributed by atoms with E-state index in [2.05, 4.69) is 12.2 Å². The Morgan fingerprint density at radius 1 is 1.04 bits per heavy atom. The number of esters is 1. The van der Waals surface area contributed by atoms with Crippen molar-refractivity contribution >= 4 is 5.97 Å². The van der Waals surface area contributed by atoms with E-state index in [-0.39, 0.29) is 29.7 Å². The summed E-state index contributed by atoms with van der Waals surface area (Å²) >= 11 is 0. The quantitative estimate of drug-likeness (QED) is 0.570. The fraction of sp³-hybridized carbons (Fsp3) is 0.857. The number of ether oxygens (including phenoxy) is 2. The highest BCUT2D eigenvalue weighted by Crippen LogP contribution is 2.64. The second-order valence-corrected chi connectivity index (χ2v) is 9.50. The van der Waals surface area contributed by atoms with E-state index in [1.165, 1.54) is 51.4 Å². The highest BCUT2D eigenvalue weighted by Gasteiger charge is 2.67. The smallest absolute Gasteiger partial charge is 0.309 e. The first-order valence-electron chi connectivity index (χ1n) is 10.3. The predicted octanol–water partition coefficient (Wildman–Crippen LogP) is 3.87. The highest BCUT2D eigenvalue weighted by molar-refractivity contribution is 5.74. The fourth-order valence-electron chi connectivity index (χ4n) is 7.45. The summed E-state index contributed by atoms with van der Waals surface area (Å²) in [5, 5.41) is 0. The van der Waals surface area contributed by atoms with E-state index in [0.717, 1.165) is 12.3 Å². The first-order chi connectivity index (χ1) is 11.7. The number of carbonyl (C=O) groups is 1. The summed E-state index contributed by atoms with van der Waals surface area (Å²) in [5.41, 5.74) is 0.151. The molecular weight excluding hydrogens is 300 g/mol. The Kier molecular flexibility index (Phi) is 2.91. The van der Waals surface area contributed by atoms with E-state index in [9.17, 15) is 4.79 Å². The first kappa shape index (κ1) is 14.4. The van der Waals surface area contributed by atoms with Gasteiger partial charge in [-0.15, -0.1) is 0 Å². The van der Waals surface area contributed by atoms with Crippen molar-refractivity contribution in [3.05, 3.63) is 12.2 Å². The van der Waals surface area contributed by atoms with E-state index < -0.39 is 0 Å². The Morgan fingerprint density at radius 3 is 2.67 bits per heavy atom. The summed E-state index contributed by atoms with van der Waals surface area (Å²) in [6.07, 6.45) is 16.0. The van der Waals surface area contributed by atoms with Crippen molar-refractivity contribution in [3.63, 3.8) is 0 Å². The maximum Gasteiger partial charge on any atom is 0.309 e. The molecule has 6 aliphatic rings. The van der Waals surface area contributed by atoms with Crippen LogP contribution >= 0.6 is 0 Å². The SMILES string of the molecule is O=C(OC1C2CC3C1OC1(CCCCC1)C3C2)C1CC2C=CC1C2. The molecule has 1 spiro atoms. The zero-order chi connectivity index (χ0) is 15.9. The Hall–Kier alpha value is -0.830. The van der Waals surface area contributed by atoms with Crippen LogP contribution in [0.4, 0.5) is 0 Å². The van der Waals surface area contributed by atoms with Gasteiger partial charge in [0.15, 0.2) is 0 Å². The molecular formula is C21H28O3. The number of allylic oxidation sites excluding steroid dienone is 2. The van der Waals surface area contributed by atoms with Gasteiger partial charge >= 0.3 is 5.97 Å². The molecule has 0 aromatic rings. The molecule has 1 heterocycles. The van der Waals surface area contributed by atoms with Crippen LogP contribution < -0.4 is 0 Å². The topological polar surface area (TPSA) is 35.5 Å². The lowest BCUT2D eigenvalue weighted by molar-refractivity contribution is -0.168. The zero-order valence-corrected chi connectivity index (χ0v) is 14.4. The monoisotopic (exact) mass is 328 g/mol. The average Bonchev–Trinajstić information content (AvgIpc) is 3.38. The van der Waals surface area contributed by atoms with E-state index in [0.29, 0.717) is 23.7 Å². The van der Waals surface area contributed by atoms with Gasteiger partial charge in [-0.2, -0.15) is 0 Å². The minimum atomic E-state index is 0.0585. The lowest BCUT2D eigenvalue weighted by atomic mass is 9.71. The van der Waals surface area contributed by atoms with Gasteiger partial charge in [-0.05, 0) is 68.1 Å². The van der Waals surface area contributed by atoms with Gasteiger partial charge in [0.1, 0.15) is 6.10 Å². The lowest BCUT2D eigenvalue weighted by Gasteiger charge is -2.37. The number of hydrogen-bond donors (Lipinski definition) is 0. The van der Waals surface area contributed by atoms with Crippen LogP contribution in [0.15, 0.2) is 12.2 Å². The molecule has 0 N–H and O–H groups in total. The van der Waals surface area contributed by atoms with Crippen LogP contribution in [0.5, 0.6) is 0 Å². The normalized spacial score (nSPS) is 52.5. The minimum absolute atomic E-state index is 0.0585. The number of hydrogen-bond acceptors (Lipinski definition) is 3. The Morgan fingerprint density at radius 2 is 1.92 bits per heavy atom. The van der Waals surface area contributed by atoms with Crippen LogP contribution in [0, 0.1) is 35.5 Å². The molecule has 1 aliphatic heterocycles. The van der Waals surface area contributed by atoms with Gasteiger partial charge in [-0.25, -0.2) is 0 Å². The Bertz CT molecular complexity index is 590. The van der Waals surface area contributed by atoms with Crippen LogP contribution in [0.1, 0.15) is 57.8 Å². The molecule has 5 fully saturated rings. The van der Waals surface area contributed by atoms with Crippen LogP contribution in [0.25, 0.3) is 0 Å². The molecule has 5 aliphatic carbocycles. The van der Waals surface area contributed by atoms with Crippen LogP contribution in [-0.4, -0.2) is 23.8 Å². The molecule has 4 bridgehead atoms. The van der Waals surface area contributed by atoms with Gasteiger partial charge in [0, 0.05) is 0 Å². The molecule has 130 valence electrons. The molecule has 8 unspecified atom stereocenters. The van der Waals surface area contributed by atoms with E-state index in [1.807, 2.05) is 0 Å². The van der Waals surface area contributed by atoms with Gasteiger partial charge in [0.2, 0.25) is 0 Å². The maximum atomic E-state index is 12.8. The van der Waals surface area contributed by atoms with E-state index in [1.54, 1.807) is 0 Å². The van der Waals surface area contributed by atoms with E-state index >= 15 is 0 Å². The summed E-state index contributed by atoms with van der Waals surface area (Å²) < 4.78 is 12.9. The summed E-state index contributed by atoms with van der Waals surface area (Å²) in [4.78, 5) is 12.8. The van der Waals surface area contributed by atoms with Crippen molar-refractivity contribution in [2.75, 3.05) is 0 Å². The zero-order valence-electron chi connectivity index (χ0n) is 14.4. The molecule has 0 amide bonds. The lowest BCUT2D eigenvalue weighted by Crippen LogP contribution is -2.38. The number of rotatable bonds is 2. The minimum Gasteiger partial charge on any atom is -0.459 e. The largest absolute Gasteiger partial charge is 0.459 e. The van der Waals surface area contributed by atoms with Gasteiger partial charge in [-0.3, -0.25) is 4.79 Å². The number of carbonyl (C=O) groups excluding carboxylic acids is 1. The third-order valence-corrected chi connectivity index (χ3v) is 8.44. The number of fused-ring (bicyclic) bond motifs is 4. The van der Waals surface area contributed by atoms with Crippen molar-refractivity contribution < 1.29 is 14.3 Å². The second kappa shape index (κ2) is 4.87. The average molecular weight is 328 g/mol. The molecule has 3 heteroatoms. The molecule has 0 aromatic carbocycles. The Balaban J connectivity index is 1.20. The molecule has 3 nitrogen and oxygen atoms in total. The Labute approximate surface area is 144 Å². The summed E-state index contributed by atoms with van der Waals surface area (Å²) in [6.45, 7) is 0. The first-order valence-corrected chi connectivity index (χ1v) is 10.3. The molecule has 1 saturated heterocycles. The van der Waals surface area contributed by atoms with Crippen LogP contribution in [0.2, 0.25) is 0 Å². The maximum absolute atomic E-state index is 12.8. The third kappa shape index (κ3) is 1.80. The molecule has 4 saturated carbocycles. The molecule has 0 radical (unpaired) electrons. The highest BCUT2D eigenvalue weighted by atomic mass is 16.6. The van der Waals surface area contributed by atoms with Gasteiger partial charge in [0.25, 0.3) is 0 Å². The van der Waals surface area contributed by atoms with Crippen molar-refractivity contribution in [2.45, 2.75) is 75.6 Å². The molecule has 0 aromatic heterocycles. The van der Waals surface area contributed by atoms with Crippen molar-refractivity contribution in [3.8, 4) is 0 Å². The van der Waals surface area contributed by atoms with Crippen molar-refractivity contribution in [2.24, 2.45) is 35.5 Å². The van der Waals surface area contributed by atoms with Gasteiger partial charge < -0.3 is 9.47 Å². The van der Waals surface area contributed by atoms with Gasteiger partial charge in [0.05, 0.1) is 17.6 Å². The predicted molar refractivity (Wildman–Crippen MR) is 89.1 cm³/mol. The van der Waals surface area contributed by atoms with Crippen molar-refractivity contribution in [1.29, 1.82) is 0 Å².